The van der Waals surface area contributed by atoms with Crippen LogP contribution in [0.1, 0.15) is 24.8 Å². The number of hydrogen-bond acceptors (Lipinski definition) is 4. The number of hydrogen-bond donors (Lipinski definition) is 1. The summed E-state index contributed by atoms with van der Waals surface area (Å²) in [6.07, 6.45) is 5.67. The second-order valence-electron chi connectivity index (χ2n) is 5.92. The van der Waals surface area contributed by atoms with Crippen molar-refractivity contribution in [3.05, 3.63) is 22.4 Å². The number of thiophene rings is 1. The number of thioether (sulfide) groups is 1. The van der Waals surface area contributed by atoms with Crippen LogP contribution in [-0.4, -0.2) is 41.9 Å². The number of amides is 1. The number of nitrogens with zero attached hydrogens (tertiary/aromatic N) is 1. The fourth-order valence-electron chi connectivity index (χ4n) is 3.39. The lowest BCUT2D eigenvalue weighted by atomic mass is 9.93. The van der Waals surface area contributed by atoms with Crippen molar-refractivity contribution >= 4 is 29.0 Å². The Morgan fingerprint density at radius 2 is 2.35 bits per heavy atom. The van der Waals surface area contributed by atoms with Gasteiger partial charge in [-0.05, 0) is 66.4 Å². The first-order valence-corrected chi connectivity index (χ1v) is 9.59. The van der Waals surface area contributed by atoms with Crippen LogP contribution in [0.4, 0.5) is 0 Å². The van der Waals surface area contributed by atoms with Gasteiger partial charge in [-0.15, -0.1) is 0 Å². The van der Waals surface area contributed by atoms with E-state index >= 15 is 0 Å². The van der Waals surface area contributed by atoms with E-state index < -0.39 is 0 Å². The van der Waals surface area contributed by atoms with Gasteiger partial charge >= 0.3 is 0 Å². The van der Waals surface area contributed by atoms with Crippen molar-refractivity contribution < 1.29 is 4.79 Å². The van der Waals surface area contributed by atoms with Crippen LogP contribution in [0.5, 0.6) is 0 Å². The highest BCUT2D eigenvalue weighted by atomic mass is 32.2. The summed E-state index contributed by atoms with van der Waals surface area (Å²) >= 11 is 3.34. The van der Waals surface area contributed by atoms with E-state index in [9.17, 15) is 4.79 Å². The van der Waals surface area contributed by atoms with E-state index in [4.69, 9.17) is 0 Å². The van der Waals surface area contributed by atoms with Crippen LogP contribution in [0.15, 0.2) is 16.8 Å². The Balaban J connectivity index is 1.71. The van der Waals surface area contributed by atoms with Crippen LogP contribution in [0.2, 0.25) is 0 Å². The Morgan fingerprint density at radius 3 is 3.00 bits per heavy atom. The second kappa shape index (κ2) is 6.08. The third kappa shape index (κ3) is 2.90. The van der Waals surface area contributed by atoms with Gasteiger partial charge in [0, 0.05) is 12.6 Å². The Hall–Kier alpha value is -0.520. The molecule has 0 radical (unpaired) electrons. The van der Waals surface area contributed by atoms with Crippen LogP contribution in [0.25, 0.3) is 0 Å². The monoisotopic (exact) mass is 310 g/mol. The van der Waals surface area contributed by atoms with E-state index in [1.54, 1.807) is 23.1 Å². The minimum atomic E-state index is 0.309. The molecule has 1 spiro atoms. The van der Waals surface area contributed by atoms with Gasteiger partial charge in [-0.2, -0.15) is 23.1 Å². The molecule has 1 amide bonds. The fraction of sp³-hybridized carbons (Fsp3) is 0.667. The summed E-state index contributed by atoms with van der Waals surface area (Å²) in [5.41, 5.74) is 1.70. The topological polar surface area (TPSA) is 32.3 Å². The predicted molar refractivity (Wildman–Crippen MR) is 86.2 cm³/mol. The molecule has 0 bridgehead atoms. The summed E-state index contributed by atoms with van der Waals surface area (Å²) in [7, 11) is 0. The number of rotatable bonds is 5. The first kappa shape index (κ1) is 14.4. The Labute approximate surface area is 129 Å². The van der Waals surface area contributed by atoms with E-state index in [1.807, 2.05) is 6.26 Å². The van der Waals surface area contributed by atoms with Gasteiger partial charge in [-0.25, -0.2) is 0 Å². The van der Waals surface area contributed by atoms with Crippen molar-refractivity contribution in [2.24, 2.45) is 5.41 Å². The molecule has 0 aromatic carbocycles. The summed E-state index contributed by atoms with van der Waals surface area (Å²) in [5.74, 6) is 0.915. The molecule has 3 nitrogen and oxygen atoms in total. The van der Waals surface area contributed by atoms with Gasteiger partial charge in [0.2, 0.25) is 5.91 Å². The Kier molecular flexibility index (Phi) is 4.38. The second-order valence-corrected chi connectivity index (χ2v) is 7.56. The largest absolute Gasteiger partial charge is 0.334 e. The molecule has 2 aliphatic rings. The average Bonchev–Trinajstić information content (AvgIpc) is 2.90. The molecule has 1 saturated heterocycles. The number of nitrogens with one attached hydrogen (secondary N) is 1. The molecule has 3 rings (SSSR count). The van der Waals surface area contributed by atoms with E-state index in [0.29, 0.717) is 23.1 Å². The van der Waals surface area contributed by atoms with Crippen LogP contribution in [0.3, 0.4) is 0 Å². The van der Waals surface area contributed by atoms with Crippen LogP contribution in [-0.2, 0) is 11.3 Å². The molecule has 5 heteroatoms. The first-order valence-electron chi connectivity index (χ1n) is 7.25. The zero-order chi connectivity index (χ0) is 14.0. The summed E-state index contributed by atoms with van der Waals surface area (Å²) < 4.78 is 0. The molecular weight excluding hydrogens is 288 g/mol. The lowest BCUT2D eigenvalue weighted by Crippen LogP contribution is -2.39. The maximum atomic E-state index is 12.5. The Morgan fingerprint density at radius 1 is 1.55 bits per heavy atom. The maximum Gasteiger partial charge on any atom is 0.233 e. The van der Waals surface area contributed by atoms with Gasteiger partial charge < -0.3 is 10.2 Å². The van der Waals surface area contributed by atoms with E-state index in [1.165, 1.54) is 24.8 Å². The number of carbonyl (C=O) groups is 1. The molecule has 1 aromatic rings. The summed E-state index contributed by atoms with van der Waals surface area (Å²) in [5, 5.41) is 7.69. The molecule has 1 aliphatic heterocycles. The molecule has 1 aliphatic carbocycles. The molecule has 1 saturated carbocycles. The highest BCUT2D eigenvalue weighted by Gasteiger charge is 2.57. The molecule has 1 unspecified atom stereocenters. The number of carbonyl (C=O) groups excluding carboxylic acids is 1. The van der Waals surface area contributed by atoms with Gasteiger partial charge in [0.15, 0.2) is 0 Å². The lowest BCUT2D eigenvalue weighted by Gasteiger charge is -2.29. The summed E-state index contributed by atoms with van der Waals surface area (Å²) in [4.78, 5) is 14.6. The maximum absolute atomic E-state index is 12.5. The van der Waals surface area contributed by atoms with Gasteiger partial charge in [-0.1, -0.05) is 0 Å². The highest BCUT2D eigenvalue weighted by Crippen LogP contribution is 2.56. The minimum absolute atomic E-state index is 0.309. The molecule has 110 valence electrons. The Bertz CT molecular complexity index is 454. The highest BCUT2D eigenvalue weighted by molar-refractivity contribution is 7.99. The van der Waals surface area contributed by atoms with Crippen molar-refractivity contribution in [1.82, 2.24) is 10.2 Å². The third-order valence-electron chi connectivity index (χ3n) is 4.64. The van der Waals surface area contributed by atoms with Gasteiger partial charge in [0.1, 0.15) is 0 Å². The van der Waals surface area contributed by atoms with Crippen LogP contribution < -0.4 is 5.32 Å². The predicted octanol–water partition coefficient (Wildman–Crippen LogP) is 2.58. The van der Waals surface area contributed by atoms with Crippen LogP contribution >= 0.6 is 23.1 Å². The van der Waals surface area contributed by atoms with Crippen molar-refractivity contribution in [1.29, 1.82) is 0 Å². The first-order chi connectivity index (χ1) is 9.75. The molecular formula is C15H22N2OS2. The zero-order valence-electron chi connectivity index (χ0n) is 11.9. The fourth-order valence-corrected chi connectivity index (χ4v) is 4.46. The van der Waals surface area contributed by atoms with Gasteiger partial charge in [-0.3, -0.25) is 4.79 Å². The summed E-state index contributed by atoms with van der Waals surface area (Å²) in [6, 6.07) is 2.62. The van der Waals surface area contributed by atoms with Crippen molar-refractivity contribution in [2.75, 3.05) is 25.1 Å². The molecule has 2 fully saturated rings. The van der Waals surface area contributed by atoms with Gasteiger partial charge in [0.25, 0.3) is 0 Å². The molecule has 1 atom stereocenters. The van der Waals surface area contributed by atoms with Crippen molar-refractivity contribution in [3.63, 3.8) is 0 Å². The molecule has 2 heterocycles. The van der Waals surface area contributed by atoms with E-state index in [-0.39, 0.29) is 0 Å². The molecule has 1 aromatic heterocycles. The zero-order valence-corrected chi connectivity index (χ0v) is 13.6. The smallest absolute Gasteiger partial charge is 0.233 e. The molecule has 20 heavy (non-hydrogen) atoms. The van der Waals surface area contributed by atoms with Crippen molar-refractivity contribution in [3.8, 4) is 0 Å². The lowest BCUT2D eigenvalue weighted by molar-refractivity contribution is -0.130. The normalized spacial score (nSPS) is 23.8. The van der Waals surface area contributed by atoms with E-state index in [2.05, 4.69) is 27.0 Å². The average molecular weight is 310 g/mol. The minimum Gasteiger partial charge on any atom is -0.334 e. The standard InChI is InChI=1S/C15H22N2OS2/c1-19-11-14(18)17(9-12-2-7-20-10-12)13-8-15(13)3-5-16-6-4-15/h2,7,10,13,16H,3-6,8-9,11H2,1H3. The number of piperidine rings is 1. The molecule has 1 N–H and O–H groups in total. The summed E-state index contributed by atoms with van der Waals surface area (Å²) in [6.45, 7) is 3.02. The SMILES string of the molecule is CSCC(=O)N(Cc1ccsc1)C1CC12CCNCC2. The third-order valence-corrected chi connectivity index (χ3v) is 5.91. The van der Waals surface area contributed by atoms with Crippen LogP contribution in [0, 0.1) is 5.41 Å². The van der Waals surface area contributed by atoms with Crippen molar-refractivity contribution in [2.45, 2.75) is 31.8 Å². The van der Waals surface area contributed by atoms with Gasteiger partial charge in [0.05, 0.1) is 5.75 Å². The van der Waals surface area contributed by atoms with E-state index in [0.717, 1.165) is 19.6 Å². The quantitative estimate of drug-likeness (QED) is 0.907.